The molecule has 188 valence electrons. The van der Waals surface area contributed by atoms with Gasteiger partial charge in [0.1, 0.15) is 4.90 Å². The molecule has 0 amide bonds. The van der Waals surface area contributed by atoms with Crippen LogP contribution in [-0.2, 0) is 25.0 Å². The molecule has 0 atom stereocenters. The zero-order valence-corrected chi connectivity index (χ0v) is 20.3. The highest BCUT2D eigenvalue weighted by molar-refractivity contribution is 7.86. The van der Waals surface area contributed by atoms with E-state index in [0.29, 0.717) is 50.8 Å². The van der Waals surface area contributed by atoms with Gasteiger partial charge in [0.25, 0.3) is 20.2 Å². The van der Waals surface area contributed by atoms with E-state index in [1.807, 2.05) is 11.8 Å². The predicted octanol–water partition coefficient (Wildman–Crippen LogP) is 1.92. The molecule has 1 aliphatic heterocycles. The molecule has 2 heterocycles. The fourth-order valence-electron chi connectivity index (χ4n) is 3.58. The average Bonchev–Trinajstić information content (AvgIpc) is 2.81. The van der Waals surface area contributed by atoms with Crippen LogP contribution in [0.4, 0.5) is 23.5 Å². The Kier molecular flexibility index (Phi) is 7.05. The fraction of sp³-hybridized carbons (Fsp3) is 0.350. The number of morpholine rings is 1. The monoisotopic (exact) mass is 524 g/mol. The van der Waals surface area contributed by atoms with Crippen LogP contribution in [0.2, 0.25) is 0 Å². The van der Waals surface area contributed by atoms with Crippen LogP contribution in [-0.4, -0.2) is 73.7 Å². The number of anilines is 4. The Balaban J connectivity index is 1.84. The first kappa shape index (κ1) is 25.0. The fourth-order valence-corrected chi connectivity index (χ4v) is 4.96. The number of rotatable bonds is 8. The minimum atomic E-state index is -4.88. The standard InChI is InChI=1S/C20H24N6O7S2/c1-2-6-21-18-23-19(25-20(24-18)26-7-9-33-10-8-26)22-15-5-3-4-13-11-14(34(27,28)29)12-16(17(13)15)35(30,31)32/h3-5,11-12H,2,6-10H2,1H3,(H,27,28,29)(H,30,31,32)(H2,21,22,23,24,25). The lowest BCUT2D eigenvalue weighted by atomic mass is 10.1. The first-order valence-corrected chi connectivity index (χ1v) is 13.6. The molecule has 15 heteroatoms. The van der Waals surface area contributed by atoms with Gasteiger partial charge in [-0.05, 0) is 30.0 Å². The zero-order valence-electron chi connectivity index (χ0n) is 18.7. The topological polar surface area (TPSA) is 184 Å². The van der Waals surface area contributed by atoms with Crippen LogP contribution in [0.1, 0.15) is 13.3 Å². The summed E-state index contributed by atoms with van der Waals surface area (Å²) in [4.78, 5) is 13.9. The maximum Gasteiger partial charge on any atom is 0.295 e. The van der Waals surface area contributed by atoms with E-state index in [1.165, 1.54) is 12.1 Å². The lowest BCUT2D eigenvalue weighted by molar-refractivity contribution is 0.122. The maximum atomic E-state index is 12.1. The van der Waals surface area contributed by atoms with E-state index < -0.39 is 30.0 Å². The Morgan fingerprint density at radius 1 is 1.00 bits per heavy atom. The lowest BCUT2D eigenvalue weighted by Gasteiger charge is -2.27. The highest BCUT2D eigenvalue weighted by Crippen LogP contribution is 2.34. The first-order chi connectivity index (χ1) is 16.6. The number of hydrogen-bond donors (Lipinski definition) is 4. The Bertz CT molecular complexity index is 1460. The third kappa shape index (κ3) is 5.76. The number of nitrogens with one attached hydrogen (secondary N) is 2. The molecule has 4 rings (SSSR count). The zero-order chi connectivity index (χ0) is 25.2. The Hall–Kier alpha value is -3.11. The van der Waals surface area contributed by atoms with Crippen LogP contribution >= 0.6 is 0 Å². The van der Waals surface area contributed by atoms with E-state index in [1.54, 1.807) is 6.07 Å². The smallest absolute Gasteiger partial charge is 0.295 e. The van der Waals surface area contributed by atoms with E-state index in [-0.39, 0.29) is 22.4 Å². The molecule has 1 saturated heterocycles. The number of fused-ring (bicyclic) bond motifs is 1. The SMILES string of the molecule is CCCNc1nc(Nc2cccc3cc(S(=O)(=O)O)cc(S(=O)(=O)O)c23)nc(N2CCOCC2)n1. The summed E-state index contributed by atoms with van der Waals surface area (Å²) in [6.45, 7) is 4.80. The van der Waals surface area contributed by atoms with Gasteiger partial charge in [-0.25, -0.2) is 0 Å². The van der Waals surface area contributed by atoms with Crippen LogP contribution in [0.15, 0.2) is 40.1 Å². The molecule has 13 nitrogen and oxygen atoms in total. The summed E-state index contributed by atoms with van der Waals surface area (Å²) in [5, 5.41) is 6.21. The summed E-state index contributed by atoms with van der Waals surface area (Å²) < 4.78 is 72.2. The summed E-state index contributed by atoms with van der Waals surface area (Å²) in [6.07, 6.45) is 0.832. The lowest BCUT2D eigenvalue weighted by Crippen LogP contribution is -2.37. The van der Waals surface area contributed by atoms with Gasteiger partial charge in [-0.2, -0.15) is 31.8 Å². The summed E-state index contributed by atoms with van der Waals surface area (Å²) in [6, 6.07) is 6.32. The summed E-state index contributed by atoms with van der Waals surface area (Å²) in [5.41, 5.74) is 0.192. The van der Waals surface area contributed by atoms with Crippen molar-refractivity contribution in [3.05, 3.63) is 30.3 Å². The third-order valence-electron chi connectivity index (χ3n) is 5.19. The van der Waals surface area contributed by atoms with Gasteiger partial charge in [0, 0.05) is 25.0 Å². The van der Waals surface area contributed by atoms with Gasteiger partial charge in [-0.15, -0.1) is 0 Å². The van der Waals surface area contributed by atoms with Crippen LogP contribution in [0, 0.1) is 0 Å². The van der Waals surface area contributed by atoms with Gasteiger partial charge in [0.05, 0.1) is 23.8 Å². The number of benzene rings is 2. The molecular weight excluding hydrogens is 500 g/mol. The summed E-state index contributed by atoms with van der Waals surface area (Å²) >= 11 is 0. The average molecular weight is 525 g/mol. The molecule has 2 aromatic carbocycles. The van der Waals surface area contributed by atoms with Crippen LogP contribution < -0.4 is 15.5 Å². The Morgan fingerprint density at radius 3 is 2.37 bits per heavy atom. The molecule has 0 bridgehead atoms. The Morgan fingerprint density at radius 2 is 1.71 bits per heavy atom. The molecule has 1 aliphatic rings. The van der Waals surface area contributed by atoms with E-state index in [0.717, 1.165) is 12.5 Å². The van der Waals surface area contributed by atoms with E-state index >= 15 is 0 Å². The highest BCUT2D eigenvalue weighted by Gasteiger charge is 2.23. The number of hydrogen-bond acceptors (Lipinski definition) is 11. The molecule has 1 aromatic heterocycles. The van der Waals surface area contributed by atoms with Crippen LogP contribution in [0.25, 0.3) is 10.8 Å². The van der Waals surface area contributed by atoms with Gasteiger partial charge in [-0.3, -0.25) is 9.11 Å². The third-order valence-corrected chi connectivity index (χ3v) is 6.90. The van der Waals surface area contributed by atoms with Gasteiger partial charge in [0.2, 0.25) is 17.8 Å². The van der Waals surface area contributed by atoms with Crippen molar-refractivity contribution in [1.82, 2.24) is 15.0 Å². The number of nitrogens with zero attached hydrogens (tertiary/aromatic N) is 4. The van der Waals surface area contributed by atoms with Gasteiger partial charge < -0.3 is 20.3 Å². The molecule has 1 fully saturated rings. The second-order valence-corrected chi connectivity index (χ2v) is 10.5. The largest absolute Gasteiger partial charge is 0.378 e. The molecule has 0 saturated carbocycles. The van der Waals surface area contributed by atoms with Crippen molar-refractivity contribution in [2.24, 2.45) is 0 Å². The van der Waals surface area contributed by atoms with Gasteiger partial charge >= 0.3 is 0 Å². The van der Waals surface area contributed by atoms with Gasteiger partial charge in [0.15, 0.2) is 0 Å². The molecule has 35 heavy (non-hydrogen) atoms. The minimum Gasteiger partial charge on any atom is -0.378 e. The minimum absolute atomic E-state index is 0.00111. The van der Waals surface area contributed by atoms with Crippen molar-refractivity contribution in [3.63, 3.8) is 0 Å². The molecular formula is C20H24N6O7S2. The molecule has 3 aromatic rings. The maximum absolute atomic E-state index is 12.1. The van der Waals surface area contributed by atoms with Crippen molar-refractivity contribution in [3.8, 4) is 0 Å². The van der Waals surface area contributed by atoms with E-state index in [9.17, 15) is 25.9 Å². The number of ether oxygens (including phenoxy) is 1. The van der Waals surface area contributed by atoms with Crippen molar-refractivity contribution >= 4 is 54.5 Å². The van der Waals surface area contributed by atoms with Crippen molar-refractivity contribution in [2.75, 3.05) is 48.4 Å². The number of aromatic nitrogens is 3. The molecule has 0 unspecified atom stereocenters. The summed E-state index contributed by atoms with van der Waals surface area (Å²) in [5.74, 6) is 0.816. The molecule has 0 spiro atoms. The highest BCUT2D eigenvalue weighted by atomic mass is 32.2. The second kappa shape index (κ2) is 9.87. The van der Waals surface area contributed by atoms with Crippen molar-refractivity contribution < 1.29 is 30.7 Å². The quantitative estimate of drug-likeness (QED) is 0.314. The Labute approximate surface area is 202 Å². The molecule has 0 aliphatic carbocycles. The van der Waals surface area contributed by atoms with Crippen molar-refractivity contribution in [1.29, 1.82) is 0 Å². The molecule has 0 radical (unpaired) electrons. The van der Waals surface area contributed by atoms with Crippen LogP contribution in [0.5, 0.6) is 0 Å². The normalized spacial score (nSPS) is 14.8. The second-order valence-electron chi connectivity index (χ2n) is 7.71. The first-order valence-electron chi connectivity index (χ1n) is 10.7. The predicted molar refractivity (Wildman–Crippen MR) is 128 cm³/mol. The van der Waals surface area contributed by atoms with Gasteiger partial charge in [-0.1, -0.05) is 19.1 Å². The summed E-state index contributed by atoms with van der Waals surface area (Å²) in [7, 11) is -9.61. The molecule has 4 N–H and O–H groups in total. The van der Waals surface area contributed by atoms with Crippen LogP contribution in [0.3, 0.4) is 0 Å². The van der Waals surface area contributed by atoms with E-state index in [2.05, 4.69) is 25.6 Å². The van der Waals surface area contributed by atoms with E-state index in [4.69, 9.17) is 4.74 Å². The van der Waals surface area contributed by atoms with Crippen molar-refractivity contribution in [2.45, 2.75) is 23.1 Å².